The number of aliphatic hydroxyl groups is 2. The number of aliphatic hydroxyl groups excluding tert-OH is 2. The van der Waals surface area contributed by atoms with Gasteiger partial charge in [-0.05, 0) is 19.4 Å². The molecule has 0 saturated carbocycles. The Morgan fingerprint density at radius 3 is 2.83 bits per heavy atom. The lowest BCUT2D eigenvalue weighted by Crippen LogP contribution is -2.33. The first kappa shape index (κ1) is 10.3. The molecule has 1 fully saturated rings. The highest BCUT2D eigenvalue weighted by Crippen LogP contribution is 2.17. The van der Waals surface area contributed by atoms with Crippen LogP contribution in [0.1, 0.15) is 12.8 Å². The summed E-state index contributed by atoms with van der Waals surface area (Å²) in [6, 6.07) is 0.142. The van der Waals surface area contributed by atoms with E-state index < -0.39 is 0 Å². The first-order valence-corrected chi connectivity index (χ1v) is 4.90. The summed E-state index contributed by atoms with van der Waals surface area (Å²) in [6.45, 7) is 1.70. The predicted octanol–water partition coefficient (Wildman–Crippen LogP) is 0.0428. The molecule has 0 bridgehead atoms. The summed E-state index contributed by atoms with van der Waals surface area (Å²) in [5.74, 6) is 0.644. The number of nitrogens with zero attached hydrogens (tertiary/aromatic N) is 1. The van der Waals surface area contributed by atoms with E-state index >= 15 is 0 Å². The smallest absolute Gasteiger partial charge is 0.0683 e. The maximum atomic E-state index is 9.31. The lowest BCUT2D eigenvalue weighted by atomic mass is 10.2. The Labute approximate surface area is 77.9 Å². The zero-order valence-corrected chi connectivity index (χ0v) is 7.87. The van der Waals surface area contributed by atoms with E-state index in [0.717, 1.165) is 13.0 Å². The molecule has 1 rings (SSSR count). The van der Waals surface area contributed by atoms with Gasteiger partial charge in [0, 0.05) is 18.5 Å². The fourth-order valence-electron chi connectivity index (χ4n) is 1.68. The summed E-state index contributed by atoms with van der Waals surface area (Å²) in [4.78, 5) is 2.10. The van der Waals surface area contributed by atoms with Crippen molar-refractivity contribution in [2.45, 2.75) is 25.0 Å². The van der Waals surface area contributed by atoms with Crippen molar-refractivity contribution >= 4 is 11.6 Å². The van der Waals surface area contributed by atoms with Crippen molar-refractivity contribution in [2.75, 3.05) is 25.6 Å². The van der Waals surface area contributed by atoms with E-state index in [1.165, 1.54) is 0 Å². The zero-order chi connectivity index (χ0) is 8.97. The van der Waals surface area contributed by atoms with Crippen LogP contribution in [0, 0.1) is 0 Å². The summed E-state index contributed by atoms with van der Waals surface area (Å²) in [7, 11) is 0. The monoisotopic (exact) mass is 193 g/mol. The maximum Gasteiger partial charge on any atom is 0.0683 e. The maximum absolute atomic E-state index is 9.31. The van der Waals surface area contributed by atoms with Gasteiger partial charge in [-0.25, -0.2) is 0 Å². The molecule has 1 aliphatic heterocycles. The van der Waals surface area contributed by atoms with Crippen molar-refractivity contribution in [3.63, 3.8) is 0 Å². The van der Waals surface area contributed by atoms with Crippen LogP contribution in [0.15, 0.2) is 0 Å². The molecule has 0 spiro atoms. The van der Waals surface area contributed by atoms with Crippen LogP contribution in [0.25, 0.3) is 0 Å². The summed E-state index contributed by atoms with van der Waals surface area (Å²) in [5.41, 5.74) is 0. The van der Waals surface area contributed by atoms with Crippen molar-refractivity contribution < 1.29 is 10.2 Å². The molecule has 0 radical (unpaired) electrons. The molecular weight excluding hydrogens is 178 g/mol. The van der Waals surface area contributed by atoms with Crippen molar-refractivity contribution in [1.29, 1.82) is 0 Å². The fraction of sp³-hybridized carbons (Fsp3) is 1.00. The third kappa shape index (κ3) is 2.59. The average Bonchev–Trinajstić information content (AvgIpc) is 2.42. The molecule has 12 heavy (non-hydrogen) atoms. The number of β-amino-alcohol motifs (C(OH)–C–C–N with tert-alkyl or cyclic N) is 1. The van der Waals surface area contributed by atoms with Crippen molar-refractivity contribution in [1.82, 2.24) is 4.90 Å². The van der Waals surface area contributed by atoms with Gasteiger partial charge < -0.3 is 10.2 Å². The van der Waals surface area contributed by atoms with Gasteiger partial charge in [-0.15, -0.1) is 11.6 Å². The average molecular weight is 194 g/mol. The molecule has 0 aliphatic carbocycles. The van der Waals surface area contributed by atoms with Crippen LogP contribution in [0.2, 0.25) is 0 Å². The van der Waals surface area contributed by atoms with Gasteiger partial charge in [-0.1, -0.05) is 0 Å². The third-order valence-corrected chi connectivity index (χ3v) is 2.56. The summed E-state index contributed by atoms with van der Waals surface area (Å²) >= 11 is 5.56. The first-order chi connectivity index (χ1) is 5.77. The van der Waals surface area contributed by atoms with Gasteiger partial charge in [0.1, 0.15) is 0 Å². The predicted molar refractivity (Wildman–Crippen MR) is 48.4 cm³/mol. The summed E-state index contributed by atoms with van der Waals surface area (Å²) < 4.78 is 0. The van der Waals surface area contributed by atoms with Crippen LogP contribution in [0.3, 0.4) is 0 Å². The van der Waals surface area contributed by atoms with Gasteiger partial charge in [0.15, 0.2) is 0 Å². The normalized spacial score (nSPS) is 31.2. The number of alkyl halides is 1. The van der Waals surface area contributed by atoms with Gasteiger partial charge in [0.2, 0.25) is 0 Å². The largest absolute Gasteiger partial charge is 0.395 e. The minimum absolute atomic E-state index is 0.138. The lowest BCUT2D eigenvalue weighted by molar-refractivity contribution is 0.156. The summed E-state index contributed by atoms with van der Waals surface area (Å²) in [5, 5.41) is 18.3. The minimum Gasteiger partial charge on any atom is -0.395 e. The van der Waals surface area contributed by atoms with Crippen molar-refractivity contribution in [3.05, 3.63) is 0 Å². The Morgan fingerprint density at radius 2 is 2.25 bits per heavy atom. The number of hydrogen-bond donors (Lipinski definition) is 2. The quantitative estimate of drug-likeness (QED) is 0.620. The van der Waals surface area contributed by atoms with E-state index in [0.29, 0.717) is 18.8 Å². The van der Waals surface area contributed by atoms with Crippen molar-refractivity contribution in [3.8, 4) is 0 Å². The number of rotatable bonds is 4. The van der Waals surface area contributed by atoms with Crippen molar-refractivity contribution in [2.24, 2.45) is 0 Å². The molecule has 0 aromatic rings. The molecule has 0 amide bonds. The Bertz CT molecular complexity index is 134. The van der Waals surface area contributed by atoms with Gasteiger partial charge in [0.25, 0.3) is 0 Å². The number of likely N-dealkylation sites (tertiary alicyclic amines) is 1. The minimum atomic E-state index is -0.266. The molecule has 4 heteroatoms. The molecule has 1 saturated heterocycles. The van der Waals surface area contributed by atoms with E-state index in [2.05, 4.69) is 4.90 Å². The highest BCUT2D eigenvalue weighted by Gasteiger charge is 2.29. The van der Waals surface area contributed by atoms with Gasteiger partial charge in [-0.3, -0.25) is 4.90 Å². The molecular formula is C8H16ClNO2. The van der Waals surface area contributed by atoms with Gasteiger partial charge >= 0.3 is 0 Å². The van der Waals surface area contributed by atoms with Crippen LogP contribution in [-0.4, -0.2) is 52.8 Å². The van der Waals surface area contributed by atoms with Crippen LogP contribution in [0.4, 0.5) is 0 Å². The molecule has 1 aliphatic rings. The molecule has 0 aromatic heterocycles. The zero-order valence-electron chi connectivity index (χ0n) is 7.12. The number of halogens is 1. The van der Waals surface area contributed by atoms with E-state index in [9.17, 15) is 5.11 Å². The van der Waals surface area contributed by atoms with Crippen LogP contribution in [0.5, 0.6) is 0 Å². The lowest BCUT2D eigenvalue weighted by Gasteiger charge is -2.21. The Kier molecular flexibility index (Phi) is 4.29. The second-order valence-electron chi connectivity index (χ2n) is 3.26. The van der Waals surface area contributed by atoms with Gasteiger partial charge in [0.05, 0.1) is 12.7 Å². The second kappa shape index (κ2) is 5.02. The second-order valence-corrected chi connectivity index (χ2v) is 3.64. The van der Waals surface area contributed by atoms with Crippen LogP contribution < -0.4 is 0 Å². The molecule has 0 unspecified atom stereocenters. The molecule has 72 valence electrons. The Balaban J connectivity index is 2.30. The van der Waals surface area contributed by atoms with Crippen LogP contribution >= 0.6 is 11.6 Å². The highest BCUT2D eigenvalue weighted by atomic mass is 35.5. The molecule has 0 aromatic carbocycles. The van der Waals surface area contributed by atoms with Gasteiger partial charge in [-0.2, -0.15) is 0 Å². The highest BCUT2D eigenvalue weighted by molar-refractivity contribution is 6.17. The van der Waals surface area contributed by atoms with E-state index in [-0.39, 0.29) is 18.8 Å². The Hall–Kier alpha value is 0.170. The Morgan fingerprint density at radius 1 is 1.50 bits per heavy atom. The molecule has 3 nitrogen and oxygen atoms in total. The molecule has 2 atom stereocenters. The first-order valence-electron chi connectivity index (χ1n) is 4.37. The fourth-order valence-corrected chi connectivity index (χ4v) is 1.80. The van der Waals surface area contributed by atoms with E-state index in [4.69, 9.17) is 16.7 Å². The third-order valence-electron chi connectivity index (χ3n) is 2.30. The number of hydrogen-bond acceptors (Lipinski definition) is 3. The summed E-state index contributed by atoms with van der Waals surface area (Å²) in [6.07, 6.45) is 1.35. The standard InChI is InChI=1S/C8H16ClNO2/c9-2-1-3-10-5-8(12)4-7(10)6-11/h7-8,11-12H,1-6H2/t7-,8+/m1/s1. The molecule has 2 N–H and O–H groups in total. The SMILES string of the molecule is OC[C@H]1C[C@H](O)CN1CCCCl. The van der Waals surface area contributed by atoms with E-state index in [1.807, 2.05) is 0 Å². The topological polar surface area (TPSA) is 43.7 Å². The van der Waals surface area contributed by atoms with Crippen LogP contribution in [-0.2, 0) is 0 Å². The molecule has 1 heterocycles. The van der Waals surface area contributed by atoms with E-state index in [1.54, 1.807) is 0 Å².